The fourth-order valence-corrected chi connectivity index (χ4v) is 3.52. The van der Waals surface area contributed by atoms with E-state index in [1.165, 1.54) is 11.1 Å². The van der Waals surface area contributed by atoms with Gasteiger partial charge in [0.2, 0.25) is 0 Å². The van der Waals surface area contributed by atoms with Gasteiger partial charge in [0.15, 0.2) is 5.82 Å². The summed E-state index contributed by atoms with van der Waals surface area (Å²) < 4.78 is 0. The number of carbonyl (C=O) groups is 1. The molecule has 0 aliphatic carbocycles. The number of hydrogen-bond acceptors (Lipinski definition) is 4. The molecule has 1 aliphatic heterocycles. The van der Waals surface area contributed by atoms with Crippen LogP contribution in [0.2, 0.25) is 0 Å². The molecule has 29 heavy (non-hydrogen) atoms. The number of nitrogens with one attached hydrogen (secondary N) is 1. The zero-order chi connectivity index (χ0) is 20.4. The van der Waals surface area contributed by atoms with Crippen LogP contribution in [0.3, 0.4) is 0 Å². The Bertz CT molecular complexity index is 1020. The predicted octanol–water partition coefficient (Wildman–Crippen LogP) is 4.23. The molecule has 2 heterocycles. The number of benzene rings is 2. The minimum absolute atomic E-state index is 0.184. The predicted molar refractivity (Wildman–Crippen MR) is 116 cm³/mol. The Kier molecular flexibility index (Phi) is 5.05. The zero-order valence-corrected chi connectivity index (χ0v) is 17.1. The Hall–Kier alpha value is -3.21. The highest BCUT2D eigenvalue weighted by Crippen LogP contribution is 2.26. The van der Waals surface area contributed by atoms with Crippen molar-refractivity contribution in [2.45, 2.75) is 39.3 Å². The van der Waals surface area contributed by atoms with Crippen molar-refractivity contribution in [2.24, 2.45) is 0 Å². The van der Waals surface area contributed by atoms with E-state index in [-0.39, 0.29) is 11.4 Å². The minimum atomic E-state index is -0.334. The Balaban J connectivity index is 1.73. The van der Waals surface area contributed by atoms with Crippen molar-refractivity contribution < 1.29 is 4.79 Å². The van der Waals surface area contributed by atoms with Crippen molar-refractivity contribution in [2.75, 3.05) is 11.4 Å². The normalized spacial score (nSPS) is 13.7. The van der Waals surface area contributed by atoms with Crippen molar-refractivity contribution in [3.05, 3.63) is 77.5 Å². The standard InChI is InChI=1S/C24H26N4O/c1-24(2,3)27-23(29)20-15-21(26-22(25-20)18-10-5-4-6-11-18)28-14-13-17-9-7-8-12-19(17)16-28/h4-12,15H,13-14,16H2,1-3H3,(H,27,29). The lowest BCUT2D eigenvalue weighted by Crippen LogP contribution is -2.41. The van der Waals surface area contributed by atoms with Crippen molar-refractivity contribution in [1.82, 2.24) is 15.3 Å². The van der Waals surface area contributed by atoms with Gasteiger partial charge in [0.05, 0.1) is 0 Å². The van der Waals surface area contributed by atoms with Crippen LogP contribution in [0.1, 0.15) is 42.4 Å². The lowest BCUT2D eigenvalue weighted by molar-refractivity contribution is 0.0914. The van der Waals surface area contributed by atoms with Gasteiger partial charge in [-0.05, 0) is 38.3 Å². The third-order valence-corrected chi connectivity index (χ3v) is 4.92. The summed E-state index contributed by atoms with van der Waals surface area (Å²) in [6.45, 7) is 7.54. The molecule has 148 valence electrons. The highest BCUT2D eigenvalue weighted by molar-refractivity contribution is 5.94. The molecule has 2 aromatic carbocycles. The van der Waals surface area contributed by atoms with Crippen molar-refractivity contribution >= 4 is 11.7 Å². The lowest BCUT2D eigenvalue weighted by atomic mass is 10.00. The first-order chi connectivity index (χ1) is 13.9. The molecule has 5 heteroatoms. The summed E-state index contributed by atoms with van der Waals surface area (Å²) in [4.78, 5) is 24.5. The zero-order valence-electron chi connectivity index (χ0n) is 17.1. The Morgan fingerprint density at radius 3 is 2.38 bits per heavy atom. The van der Waals surface area contributed by atoms with E-state index in [1.807, 2.05) is 51.1 Å². The SMILES string of the molecule is CC(C)(C)NC(=O)c1cc(N2CCc3ccccc3C2)nc(-c2ccccc2)n1. The summed E-state index contributed by atoms with van der Waals surface area (Å²) in [6.07, 6.45) is 0.963. The molecular weight excluding hydrogens is 360 g/mol. The molecule has 0 spiro atoms. The smallest absolute Gasteiger partial charge is 0.270 e. The molecule has 1 N–H and O–H groups in total. The van der Waals surface area contributed by atoms with Crippen LogP contribution in [0.5, 0.6) is 0 Å². The molecule has 1 aromatic heterocycles. The largest absolute Gasteiger partial charge is 0.352 e. The number of amides is 1. The summed E-state index contributed by atoms with van der Waals surface area (Å²) >= 11 is 0. The van der Waals surface area contributed by atoms with Crippen molar-refractivity contribution in [3.8, 4) is 11.4 Å². The minimum Gasteiger partial charge on any atom is -0.352 e. The van der Waals surface area contributed by atoms with Crippen LogP contribution in [0.25, 0.3) is 11.4 Å². The van der Waals surface area contributed by atoms with Gasteiger partial charge in [-0.3, -0.25) is 4.79 Å². The lowest BCUT2D eigenvalue weighted by Gasteiger charge is -2.30. The molecule has 0 saturated heterocycles. The van der Waals surface area contributed by atoms with Gasteiger partial charge >= 0.3 is 0 Å². The molecule has 0 radical (unpaired) electrons. The van der Waals surface area contributed by atoms with E-state index in [4.69, 9.17) is 4.98 Å². The molecule has 3 aromatic rings. The van der Waals surface area contributed by atoms with E-state index in [0.29, 0.717) is 11.5 Å². The van der Waals surface area contributed by atoms with Crippen LogP contribution in [0.15, 0.2) is 60.7 Å². The first kappa shape index (κ1) is 19.1. The molecule has 0 unspecified atom stereocenters. The second kappa shape index (κ2) is 7.66. The summed E-state index contributed by atoms with van der Waals surface area (Å²) in [7, 11) is 0. The van der Waals surface area contributed by atoms with E-state index in [0.717, 1.165) is 30.9 Å². The van der Waals surface area contributed by atoms with Gasteiger partial charge in [0.25, 0.3) is 5.91 Å². The molecule has 0 atom stereocenters. The van der Waals surface area contributed by atoms with Crippen LogP contribution in [-0.4, -0.2) is 28.0 Å². The van der Waals surface area contributed by atoms with Crippen LogP contribution >= 0.6 is 0 Å². The van der Waals surface area contributed by atoms with E-state index >= 15 is 0 Å². The molecule has 0 fully saturated rings. The summed E-state index contributed by atoms with van der Waals surface area (Å²) in [5.74, 6) is 1.17. The average Bonchev–Trinajstić information content (AvgIpc) is 2.72. The van der Waals surface area contributed by atoms with Crippen LogP contribution < -0.4 is 10.2 Å². The number of anilines is 1. The molecule has 0 bridgehead atoms. The Labute approximate surface area is 171 Å². The van der Waals surface area contributed by atoms with E-state index in [9.17, 15) is 4.79 Å². The molecule has 1 amide bonds. The quantitative estimate of drug-likeness (QED) is 0.732. The molecule has 1 aliphatic rings. The monoisotopic (exact) mass is 386 g/mol. The third kappa shape index (κ3) is 4.45. The average molecular weight is 386 g/mol. The van der Waals surface area contributed by atoms with Crippen LogP contribution in [-0.2, 0) is 13.0 Å². The number of nitrogens with zero attached hydrogens (tertiary/aromatic N) is 3. The number of hydrogen-bond donors (Lipinski definition) is 1. The number of carbonyl (C=O) groups excluding carboxylic acids is 1. The molecule has 5 nitrogen and oxygen atoms in total. The highest BCUT2D eigenvalue weighted by atomic mass is 16.2. The molecule has 4 rings (SSSR count). The van der Waals surface area contributed by atoms with Gasteiger partial charge in [0.1, 0.15) is 11.5 Å². The first-order valence-corrected chi connectivity index (χ1v) is 9.98. The summed E-state index contributed by atoms with van der Waals surface area (Å²) in [5, 5.41) is 3.01. The van der Waals surface area contributed by atoms with Gasteiger partial charge in [-0.25, -0.2) is 9.97 Å². The van der Waals surface area contributed by atoms with Crippen LogP contribution in [0, 0.1) is 0 Å². The van der Waals surface area contributed by atoms with E-state index in [1.54, 1.807) is 6.07 Å². The highest BCUT2D eigenvalue weighted by Gasteiger charge is 2.22. The van der Waals surface area contributed by atoms with Gasteiger partial charge in [-0.2, -0.15) is 0 Å². The first-order valence-electron chi connectivity index (χ1n) is 9.98. The summed E-state index contributed by atoms with van der Waals surface area (Å²) in [6, 6.07) is 20.1. The van der Waals surface area contributed by atoms with Crippen molar-refractivity contribution in [1.29, 1.82) is 0 Å². The number of rotatable bonds is 3. The fraction of sp³-hybridized carbons (Fsp3) is 0.292. The number of aromatic nitrogens is 2. The Morgan fingerprint density at radius 1 is 0.966 bits per heavy atom. The van der Waals surface area contributed by atoms with Gasteiger partial charge in [-0.15, -0.1) is 0 Å². The second-order valence-corrected chi connectivity index (χ2v) is 8.45. The maximum absolute atomic E-state index is 12.9. The van der Waals surface area contributed by atoms with E-state index < -0.39 is 0 Å². The number of fused-ring (bicyclic) bond motifs is 1. The van der Waals surface area contributed by atoms with Crippen molar-refractivity contribution in [3.63, 3.8) is 0 Å². The third-order valence-electron chi connectivity index (χ3n) is 4.92. The fourth-order valence-electron chi connectivity index (χ4n) is 3.52. The summed E-state index contributed by atoms with van der Waals surface area (Å²) in [5.41, 5.74) is 3.64. The van der Waals surface area contributed by atoms with Gasteiger partial charge < -0.3 is 10.2 Å². The van der Waals surface area contributed by atoms with E-state index in [2.05, 4.69) is 39.5 Å². The topological polar surface area (TPSA) is 58.1 Å². The van der Waals surface area contributed by atoms with Crippen LogP contribution in [0.4, 0.5) is 5.82 Å². The molecular formula is C24H26N4O. The molecule has 0 saturated carbocycles. The maximum Gasteiger partial charge on any atom is 0.270 e. The Morgan fingerprint density at radius 2 is 1.66 bits per heavy atom. The van der Waals surface area contributed by atoms with Gasteiger partial charge in [-0.1, -0.05) is 54.6 Å². The maximum atomic E-state index is 12.9. The van der Waals surface area contributed by atoms with Gasteiger partial charge in [0, 0.05) is 30.3 Å². The second-order valence-electron chi connectivity index (χ2n) is 8.45.